The molecule has 1 aliphatic rings. The van der Waals surface area contributed by atoms with Gasteiger partial charge in [-0.2, -0.15) is 0 Å². The average Bonchev–Trinajstić information content (AvgIpc) is 3.27. The van der Waals surface area contributed by atoms with Crippen LogP contribution < -0.4 is 10.2 Å². The Hall–Kier alpha value is -2.59. The molecule has 1 fully saturated rings. The highest BCUT2D eigenvalue weighted by Gasteiger charge is 2.37. The van der Waals surface area contributed by atoms with E-state index in [4.69, 9.17) is 16.3 Å². The number of carbonyl (C=O) groups is 3. The first-order valence-corrected chi connectivity index (χ1v) is 12.4. The Morgan fingerprint density at radius 2 is 2.03 bits per heavy atom. The number of hydrogen-bond donors (Lipinski definition) is 1. The third kappa shape index (κ3) is 5.22. The molecule has 7 nitrogen and oxygen atoms in total. The first-order valence-electron chi connectivity index (χ1n) is 10.5. The number of para-hydroxylation sites is 1. The maximum atomic E-state index is 13.1. The van der Waals surface area contributed by atoms with Gasteiger partial charge in [0.25, 0.3) is 11.1 Å². The smallest absolute Gasteiger partial charge is 0.298 e. The zero-order chi connectivity index (χ0) is 24.2. The van der Waals surface area contributed by atoms with Crippen LogP contribution in [0, 0.1) is 0 Å². The van der Waals surface area contributed by atoms with Crippen molar-refractivity contribution < 1.29 is 19.1 Å². The molecule has 0 saturated carbocycles. The number of nitrogens with zero attached hydrogens (tertiary/aromatic N) is 2. The molecule has 4 rings (SSSR count). The molecule has 34 heavy (non-hydrogen) atoms. The molecule has 1 saturated heterocycles. The molecule has 2 aromatic carbocycles. The SMILES string of the molecule is COCCCNC(=O)Cn1cc(/C=C2\SC(=O)N(c3ccccc3Cl)C2=O)c2cc(Br)ccc21. The molecule has 1 aromatic heterocycles. The van der Waals surface area contributed by atoms with Gasteiger partial charge in [0.15, 0.2) is 0 Å². The molecule has 0 bridgehead atoms. The van der Waals surface area contributed by atoms with E-state index in [1.165, 1.54) is 0 Å². The summed E-state index contributed by atoms with van der Waals surface area (Å²) in [5.41, 5.74) is 1.92. The minimum atomic E-state index is -0.435. The van der Waals surface area contributed by atoms with Crippen molar-refractivity contribution in [2.75, 3.05) is 25.2 Å². The number of aromatic nitrogens is 1. The Morgan fingerprint density at radius 3 is 2.79 bits per heavy atom. The van der Waals surface area contributed by atoms with Crippen LogP contribution in [0.1, 0.15) is 12.0 Å². The summed E-state index contributed by atoms with van der Waals surface area (Å²) in [4.78, 5) is 39.6. The molecular formula is C24H21BrClN3O4S. The number of benzene rings is 2. The van der Waals surface area contributed by atoms with Crippen LogP contribution in [0.3, 0.4) is 0 Å². The van der Waals surface area contributed by atoms with Crippen molar-refractivity contribution in [3.8, 4) is 0 Å². The summed E-state index contributed by atoms with van der Waals surface area (Å²) in [6, 6.07) is 12.5. The number of amides is 3. The fourth-order valence-electron chi connectivity index (χ4n) is 3.65. The lowest BCUT2D eigenvalue weighted by Gasteiger charge is -2.13. The Morgan fingerprint density at radius 1 is 1.24 bits per heavy atom. The second-order valence-corrected chi connectivity index (χ2v) is 9.85. The standard InChI is InChI=1S/C24H21BrClN3O4S/c1-33-10-4-9-27-22(30)14-28-13-15(17-12-16(25)7-8-19(17)28)11-21-23(31)29(24(32)34-21)20-6-3-2-5-18(20)26/h2-3,5-8,11-13H,4,9-10,14H2,1H3,(H,27,30)/b21-11-. The molecule has 176 valence electrons. The van der Waals surface area contributed by atoms with E-state index < -0.39 is 11.1 Å². The molecule has 1 N–H and O–H groups in total. The molecule has 0 aliphatic carbocycles. The van der Waals surface area contributed by atoms with Crippen LogP contribution in [0.5, 0.6) is 0 Å². The summed E-state index contributed by atoms with van der Waals surface area (Å²) >= 11 is 10.6. The number of anilines is 1. The van der Waals surface area contributed by atoms with Crippen LogP contribution in [0.4, 0.5) is 10.5 Å². The molecule has 0 atom stereocenters. The summed E-state index contributed by atoms with van der Waals surface area (Å²) in [5.74, 6) is -0.559. The minimum absolute atomic E-state index is 0.124. The second kappa shape index (κ2) is 10.8. The number of rotatable bonds is 8. The van der Waals surface area contributed by atoms with E-state index >= 15 is 0 Å². The number of halogens is 2. The van der Waals surface area contributed by atoms with Gasteiger partial charge in [-0.1, -0.05) is 39.7 Å². The van der Waals surface area contributed by atoms with Gasteiger partial charge in [0.1, 0.15) is 6.54 Å². The maximum Gasteiger partial charge on any atom is 0.298 e. The van der Waals surface area contributed by atoms with E-state index in [2.05, 4.69) is 21.2 Å². The Labute approximate surface area is 214 Å². The van der Waals surface area contributed by atoms with Gasteiger partial charge in [0, 0.05) is 47.4 Å². The van der Waals surface area contributed by atoms with E-state index in [0.717, 1.165) is 44.0 Å². The predicted octanol–water partition coefficient (Wildman–Crippen LogP) is 5.45. The second-order valence-electron chi connectivity index (χ2n) is 7.54. The zero-order valence-corrected chi connectivity index (χ0v) is 21.4. The molecule has 1 aliphatic heterocycles. The number of hydrogen-bond acceptors (Lipinski definition) is 5. The average molecular weight is 563 g/mol. The number of nitrogens with one attached hydrogen (secondary N) is 1. The number of fused-ring (bicyclic) bond motifs is 1. The maximum absolute atomic E-state index is 13.1. The largest absolute Gasteiger partial charge is 0.385 e. The molecule has 2 heterocycles. The molecule has 0 spiro atoms. The van der Waals surface area contributed by atoms with Gasteiger partial charge in [-0.3, -0.25) is 14.4 Å². The highest BCUT2D eigenvalue weighted by atomic mass is 79.9. The molecule has 0 unspecified atom stereocenters. The van der Waals surface area contributed by atoms with Crippen LogP contribution in [0.2, 0.25) is 5.02 Å². The first-order chi connectivity index (χ1) is 16.4. The van der Waals surface area contributed by atoms with Crippen LogP contribution in [0.15, 0.2) is 58.0 Å². The van der Waals surface area contributed by atoms with E-state index in [0.29, 0.717) is 23.9 Å². The lowest BCUT2D eigenvalue weighted by atomic mass is 10.1. The number of methoxy groups -OCH3 is 1. The normalized spacial score (nSPS) is 15.0. The fraction of sp³-hybridized carbons (Fsp3) is 0.208. The van der Waals surface area contributed by atoms with E-state index in [1.807, 2.05) is 29.0 Å². The van der Waals surface area contributed by atoms with Crippen molar-refractivity contribution in [2.45, 2.75) is 13.0 Å². The van der Waals surface area contributed by atoms with Crippen LogP contribution in [-0.2, 0) is 20.9 Å². The minimum Gasteiger partial charge on any atom is -0.385 e. The van der Waals surface area contributed by atoms with Crippen molar-refractivity contribution in [2.24, 2.45) is 0 Å². The third-order valence-corrected chi connectivity index (χ3v) is 6.89. The summed E-state index contributed by atoms with van der Waals surface area (Å²) in [6.45, 7) is 1.23. The van der Waals surface area contributed by atoms with E-state index in [-0.39, 0.29) is 17.4 Å². The zero-order valence-electron chi connectivity index (χ0n) is 18.2. The van der Waals surface area contributed by atoms with Gasteiger partial charge in [0.2, 0.25) is 5.91 Å². The number of carbonyl (C=O) groups excluding carboxylic acids is 3. The summed E-state index contributed by atoms with van der Waals surface area (Å²) in [7, 11) is 1.62. The molecule has 0 radical (unpaired) electrons. The van der Waals surface area contributed by atoms with Gasteiger partial charge < -0.3 is 14.6 Å². The number of thioether (sulfide) groups is 1. The Balaban J connectivity index is 1.64. The summed E-state index contributed by atoms with van der Waals surface area (Å²) < 4.78 is 7.70. The van der Waals surface area contributed by atoms with Crippen molar-refractivity contribution in [3.05, 3.63) is 68.6 Å². The fourth-order valence-corrected chi connectivity index (χ4v) is 5.05. The molecule has 10 heteroatoms. The van der Waals surface area contributed by atoms with Gasteiger partial charge in [-0.25, -0.2) is 4.90 Å². The molecular weight excluding hydrogens is 542 g/mol. The Bertz CT molecular complexity index is 1310. The highest BCUT2D eigenvalue weighted by Crippen LogP contribution is 2.39. The van der Waals surface area contributed by atoms with Crippen LogP contribution in [0.25, 0.3) is 17.0 Å². The predicted molar refractivity (Wildman–Crippen MR) is 139 cm³/mol. The molecule has 3 amide bonds. The first kappa shape index (κ1) is 24.5. The molecule has 3 aromatic rings. The summed E-state index contributed by atoms with van der Waals surface area (Å²) in [6.07, 6.45) is 4.23. The van der Waals surface area contributed by atoms with E-state index in [1.54, 1.807) is 37.5 Å². The highest BCUT2D eigenvalue weighted by molar-refractivity contribution is 9.10. The van der Waals surface area contributed by atoms with Crippen molar-refractivity contribution >= 4 is 79.0 Å². The van der Waals surface area contributed by atoms with Gasteiger partial charge in [-0.05, 0) is 54.6 Å². The van der Waals surface area contributed by atoms with Gasteiger partial charge in [-0.15, -0.1) is 0 Å². The van der Waals surface area contributed by atoms with Crippen molar-refractivity contribution in [1.82, 2.24) is 9.88 Å². The lowest BCUT2D eigenvalue weighted by molar-refractivity contribution is -0.121. The van der Waals surface area contributed by atoms with E-state index in [9.17, 15) is 14.4 Å². The topological polar surface area (TPSA) is 80.6 Å². The summed E-state index contributed by atoms with van der Waals surface area (Å²) in [5, 5.41) is 3.64. The third-order valence-electron chi connectivity index (χ3n) is 5.21. The van der Waals surface area contributed by atoms with Crippen LogP contribution in [-0.4, -0.2) is 41.9 Å². The van der Waals surface area contributed by atoms with Crippen LogP contribution >= 0.6 is 39.3 Å². The number of imide groups is 1. The van der Waals surface area contributed by atoms with Gasteiger partial charge in [0.05, 0.1) is 15.6 Å². The monoisotopic (exact) mass is 561 g/mol. The van der Waals surface area contributed by atoms with Crippen molar-refractivity contribution in [3.63, 3.8) is 0 Å². The number of ether oxygens (including phenoxy) is 1. The lowest BCUT2D eigenvalue weighted by Crippen LogP contribution is -2.28. The quantitative estimate of drug-likeness (QED) is 0.292. The van der Waals surface area contributed by atoms with Crippen molar-refractivity contribution in [1.29, 1.82) is 0 Å². The van der Waals surface area contributed by atoms with Gasteiger partial charge >= 0.3 is 0 Å². The Kier molecular flexibility index (Phi) is 7.77.